The highest BCUT2D eigenvalue weighted by molar-refractivity contribution is 6.30. The Bertz CT molecular complexity index is 517. The smallest absolute Gasteiger partial charge is 0.255 e. The second-order valence-electron chi connectivity index (χ2n) is 5.80. The van der Waals surface area contributed by atoms with Gasteiger partial charge in [0.05, 0.1) is 10.6 Å². The van der Waals surface area contributed by atoms with Crippen LogP contribution < -0.4 is 5.32 Å². The quantitative estimate of drug-likeness (QED) is 0.847. The number of hydrogen-bond acceptors (Lipinski definition) is 3. The van der Waals surface area contributed by atoms with Crippen LogP contribution in [0.4, 0.5) is 0 Å². The maximum atomic E-state index is 12.7. The SMILES string of the molecule is O=C(c1cncc(Cl)c1)N1[C@@H]2CC[C@H]1[C@H]1CNC[C@H]12. The van der Waals surface area contributed by atoms with Crippen LogP contribution in [0.2, 0.25) is 5.02 Å². The first-order chi connectivity index (χ1) is 9.25. The third kappa shape index (κ3) is 1.63. The van der Waals surface area contributed by atoms with E-state index in [1.165, 1.54) is 0 Å². The van der Waals surface area contributed by atoms with E-state index in [0.717, 1.165) is 25.9 Å². The number of nitrogens with zero attached hydrogens (tertiary/aromatic N) is 2. The summed E-state index contributed by atoms with van der Waals surface area (Å²) in [5, 5.41) is 3.99. The molecule has 3 saturated heterocycles. The zero-order chi connectivity index (χ0) is 13.0. The molecule has 100 valence electrons. The van der Waals surface area contributed by atoms with Crippen molar-refractivity contribution in [2.75, 3.05) is 13.1 Å². The van der Waals surface area contributed by atoms with Crippen LogP contribution in [0.3, 0.4) is 0 Å². The van der Waals surface area contributed by atoms with Gasteiger partial charge in [0.25, 0.3) is 5.91 Å². The van der Waals surface area contributed by atoms with E-state index in [2.05, 4.69) is 15.2 Å². The van der Waals surface area contributed by atoms with Gasteiger partial charge in [-0.15, -0.1) is 0 Å². The fraction of sp³-hybridized carbons (Fsp3) is 0.571. The maximum Gasteiger partial charge on any atom is 0.255 e. The number of carbonyl (C=O) groups is 1. The fourth-order valence-electron chi connectivity index (χ4n) is 4.25. The van der Waals surface area contributed by atoms with Gasteiger partial charge in [0.1, 0.15) is 0 Å². The van der Waals surface area contributed by atoms with Crippen molar-refractivity contribution < 1.29 is 4.79 Å². The Kier molecular flexibility index (Phi) is 2.57. The molecule has 1 aromatic rings. The molecule has 1 N–H and O–H groups in total. The minimum Gasteiger partial charge on any atom is -0.332 e. The van der Waals surface area contributed by atoms with E-state index in [-0.39, 0.29) is 5.91 Å². The summed E-state index contributed by atoms with van der Waals surface area (Å²) < 4.78 is 0. The third-order valence-electron chi connectivity index (χ3n) is 4.96. The number of rotatable bonds is 1. The molecule has 4 rings (SSSR count). The summed E-state index contributed by atoms with van der Waals surface area (Å²) in [7, 11) is 0. The van der Waals surface area contributed by atoms with Crippen molar-refractivity contribution in [3.63, 3.8) is 0 Å². The molecule has 5 heteroatoms. The average molecular weight is 278 g/mol. The zero-order valence-electron chi connectivity index (χ0n) is 10.6. The number of carbonyl (C=O) groups excluding carboxylic acids is 1. The van der Waals surface area contributed by atoms with E-state index in [9.17, 15) is 4.79 Å². The predicted octanol–water partition coefficient (Wildman–Crippen LogP) is 1.56. The van der Waals surface area contributed by atoms with Gasteiger partial charge >= 0.3 is 0 Å². The molecular formula is C14H16ClN3O. The summed E-state index contributed by atoms with van der Waals surface area (Å²) in [6, 6.07) is 2.55. The molecule has 0 saturated carbocycles. The van der Waals surface area contributed by atoms with Gasteiger partial charge in [-0.1, -0.05) is 11.6 Å². The Balaban J connectivity index is 1.65. The standard InChI is InChI=1S/C14H16ClN3O/c15-9-3-8(4-16-5-9)14(19)18-12-1-2-13(18)11-7-17-6-10(11)12/h3-5,10-13,17H,1-2,6-7H2/t10-,11+,12-,13+. The minimum absolute atomic E-state index is 0.108. The number of amides is 1. The van der Waals surface area contributed by atoms with Crippen LogP contribution in [0.15, 0.2) is 18.5 Å². The van der Waals surface area contributed by atoms with E-state index in [1.807, 2.05) is 0 Å². The summed E-state index contributed by atoms with van der Waals surface area (Å²) in [6.45, 7) is 2.12. The summed E-state index contributed by atoms with van der Waals surface area (Å²) in [5.41, 5.74) is 0.623. The van der Waals surface area contributed by atoms with E-state index in [4.69, 9.17) is 11.6 Å². The van der Waals surface area contributed by atoms with Crippen LogP contribution in [-0.4, -0.2) is 41.0 Å². The van der Waals surface area contributed by atoms with E-state index in [0.29, 0.717) is 34.5 Å². The van der Waals surface area contributed by atoms with Gasteiger partial charge in [-0.3, -0.25) is 9.78 Å². The van der Waals surface area contributed by atoms with Crippen molar-refractivity contribution >= 4 is 17.5 Å². The van der Waals surface area contributed by atoms with Crippen LogP contribution >= 0.6 is 11.6 Å². The lowest BCUT2D eigenvalue weighted by Crippen LogP contribution is -2.39. The molecule has 3 aliphatic rings. The van der Waals surface area contributed by atoms with Gasteiger partial charge in [0.15, 0.2) is 0 Å². The summed E-state index contributed by atoms with van der Waals surface area (Å²) in [6.07, 6.45) is 5.48. The molecule has 4 atom stereocenters. The molecular weight excluding hydrogens is 262 g/mol. The van der Waals surface area contributed by atoms with Gasteiger partial charge in [0, 0.05) is 37.6 Å². The highest BCUT2D eigenvalue weighted by atomic mass is 35.5. The first-order valence-electron chi connectivity index (χ1n) is 6.89. The van der Waals surface area contributed by atoms with Crippen molar-refractivity contribution in [2.45, 2.75) is 24.9 Å². The van der Waals surface area contributed by atoms with Gasteiger partial charge in [-0.25, -0.2) is 0 Å². The summed E-state index contributed by atoms with van der Waals surface area (Å²) >= 11 is 5.94. The molecule has 0 radical (unpaired) electrons. The lowest BCUT2D eigenvalue weighted by molar-refractivity contribution is 0.0709. The highest BCUT2D eigenvalue weighted by Crippen LogP contribution is 2.47. The van der Waals surface area contributed by atoms with Crippen LogP contribution in [-0.2, 0) is 0 Å². The van der Waals surface area contributed by atoms with Crippen LogP contribution in [0.1, 0.15) is 23.2 Å². The van der Waals surface area contributed by atoms with Gasteiger partial charge in [-0.05, 0) is 30.7 Å². The number of halogens is 1. The molecule has 3 fully saturated rings. The van der Waals surface area contributed by atoms with Crippen LogP contribution in [0.25, 0.3) is 0 Å². The first-order valence-corrected chi connectivity index (χ1v) is 7.27. The average Bonchev–Trinajstić information content (AvgIpc) is 3.09. The molecule has 0 aromatic carbocycles. The molecule has 19 heavy (non-hydrogen) atoms. The lowest BCUT2D eigenvalue weighted by atomic mass is 9.82. The molecule has 0 spiro atoms. The molecule has 2 bridgehead atoms. The number of pyridine rings is 1. The minimum atomic E-state index is 0.108. The van der Waals surface area contributed by atoms with Crippen molar-refractivity contribution in [3.8, 4) is 0 Å². The van der Waals surface area contributed by atoms with Crippen molar-refractivity contribution in [1.82, 2.24) is 15.2 Å². The molecule has 3 aliphatic heterocycles. The Labute approximate surface area is 117 Å². The zero-order valence-corrected chi connectivity index (χ0v) is 11.3. The Morgan fingerprint density at radius 1 is 1.26 bits per heavy atom. The Hall–Kier alpha value is -1.13. The maximum absolute atomic E-state index is 12.7. The summed E-state index contributed by atoms with van der Waals surface area (Å²) in [4.78, 5) is 18.8. The molecule has 0 aliphatic carbocycles. The van der Waals surface area contributed by atoms with Crippen LogP contribution in [0, 0.1) is 11.8 Å². The molecule has 4 heterocycles. The largest absolute Gasteiger partial charge is 0.332 e. The number of hydrogen-bond donors (Lipinski definition) is 1. The van der Waals surface area contributed by atoms with Crippen LogP contribution in [0.5, 0.6) is 0 Å². The van der Waals surface area contributed by atoms with E-state index >= 15 is 0 Å². The van der Waals surface area contributed by atoms with Crippen molar-refractivity contribution in [3.05, 3.63) is 29.0 Å². The first kappa shape index (κ1) is 11.7. The number of nitrogens with one attached hydrogen (secondary N) is 1. The van der Waals surface area contributed by atoms with Gasteiger partial charge < -0.3 is 10.2 Å². The third-order valence-corrected chi connectivity index (χ3v) is 5.16. The molecule has 0 unspecified atom stereocenters. The molecule has 1 amide bonds. The molecule has 4 nitrogen and oxygen atoms in total. The Morgan fingerprint density at radius 2 is 1.95 bits per heavy atom. The lowest BCUT2D eigenvalue weighted by Gasteiger charge is -2.24. The summed E-state index contributed by atoms with van der Waals surface area (Å²) in [5.74, 6) is 1.40. The van der Waals surface area contributed by atoms with E-state index < -0.39 is 0 Å². The highest BCUT2D eigenvalue weighted by Gasteiger charge is 2.56. The number of aromatic nitrogens is 1. The second-order valence-corrected chi connectivity index (χ2v) is 6.24. The Morgan fingerprint density at radius 3 is 2.58 bits per heavy atom. The predicted molar refractivity (Wildman–Crippen MR) is 72.1 cm³/mol. The van der Waals surface area contributed by atoms with Gasteiger partial charge in [-0.2, -0.15) is 0 Å². The molecule has 1 aromatic heterocycles. The number of fused-ring (bicyclic) bond motifs is 5. The van der Waals surface area contributed by atoms with Gasteiger partial charge in [0.2, 0.25) is 0 Å². The fourth-order valence-corrected chi connectivity index (χ4v) is 4.42. The van der Waals surface area contributed by atoms with E-state index in [1.54, 1.807) is 18.5 Å². The van der Waals surface area contributed by atoms with Crippen molar-refractivity contribution in [1.29, 1.82) is 0 Å². The van der Waals surface area contributed by atoms with Crippen molar-refractivity contribution in [2.24, 2.45) is 11.8 Å². The second kappa shape index (κ2) is 4.18. The monoisotopic (exact) mass is 277 g/mol. The topological polar surface area (TPSA) is 45.2 Å². The normalized spacial score (nSPS) is 35.7.